The molecule has 0 aliphatic heterocycles. The van der Waals surface area contributed by atoms with Crippen molar-refractivity contribution in [3.8, 4) is 0 Å². The van der Waals surface area contributed by atoms with Gasteiger partial charge in [0.15, 0.2) is 0 Å². The van der Waals surface area contributed by atoms with E-state index in [0.717, 1.165) is 11.8 Å². The summed E-state index contributed by atoms with van der Waals surface area (Å²) in [5.74, 6) is 0. The average Bonchev–Trinajstić information content (AvgIpc) is 1.68. The van der Waals surface area contributed by atoms with Crippen molar-refractivity contribution >= 4 is 17.1 Å². The molecular formula is C4H7O2S. The van der Waals surface area contributed by atoms with Gasteiger partial charge in [0.05, 0.1) is 6.61 Å². The number of carbonyl (C=O) groups is 1. The van der Waals surface area contributed by atoms with Crippen LogP contribution in [0.2, 0.25) is 0 Å². The van der Waals surface area contributed by atoms with Crippen LogP contribution in [0.5, 0.6) is 0 Å². The van der Waals surface area contributed by atoms with Gasteiger partial charge in [0.1, 0.15) is 0 Å². The van der Waals surface area contributed by atoms with Crippen LogP contribution in [-0.2, 0) is 4.74 Å². The molecule has 0 heterocycles. The van der Waals surface area contributed by atoms with Crippen molar-refractivity contribution in [2.45, 2.75) is 6.92 Å². The van der Waals surface area contributed by atoms with E-state index in [1.54, 1.807) is 6.92 Å². The van der Waals surface area contributed by atoms with Crippen LogP contribution in [0.3, 0.4) is 0 Å². The van der Waals surface area contributed by atoms with Gasteiger partial charge in [-0.25, -0.2) is 4.79 Å². The minimum Gasteiger partial charge on any atom is -0.458 e. The van der Waals surface area contributed by atoms with Gasteiger partial charge >= 0.3 is 5.30 Å². The highest BCUT2D eigenvalue weighted by Crippen LogP contribution is 1.99. The van der Waals surface area contributed by atoms with Crippen LogP contribution in [0.25, 0.3) is 0 Å². The zero-order valence-corrected chi connectivity index (χ0v) is 4.96. The predicted molar refractivity (Wildman–Crippen MR) is 30.0 cm³/mol. The fourth-order valence-electron chi connectivity index (χ4n) is 0.160. The summed E-state index contributed by atoms with van der Waals surface area (Å²) >= 11 is 0.838. The van der Waals surface area contributed by atoms with Crippen LogP contribution >= 0.6 is 11.8 Å². The minimum atomic E-state index is -0.317. The molecule has 0 aliphatic carbocycles. The first-order valence-corrected chi connectivity index (χ1v) is 2.88. The molecule has 41 valence electrons. The molecule has 0 bridgehead atoms. The molecular weight excluding hydrogens is 112 g/mol. The summed E-state index contributed by atoms with van der Waals surface area (Å²) < 4.78 is 4.45. The molecule has 0 fully saturated rings. The average molecular weight is 119 g/mol. The Morgan fingerprint density at radius 1 is 2.00 bits per heavy atom. The van der Waals surface area contributed by atoms with E-state index in [-0.39, 0.29) is 5.30 Å². The Morgan fingerprint density at radius 2 is 2.57 bits per heavy atom. The maximum Gasteiger partial charge on any atom is 0.367 e. The summed E-state index contributed by atoms with van der Waals surface area (Å²) in [4.78, 5) is 10.1. The van der Waals surface area contributed by atoms with Crippen molar-refractivity contribution in [3.05, 3.63) is 6.26 Å². The van der Waals surface area contributed by atoms with Gasteiger partial charge in [0.25, 0.3) is 0 Å². The van der Waals surface area contributed by atoms with Crippen molar-refractivity contribution in [1.82, 2.24) is 0 Å². The van der Waals surface area contributed by atoms with E-state index >= 15 is 0 Å². The number of ether oxygens (including phenoxy) is 1. The topological polar surface area (TPSA) is 26.3 Å². The second-order valence-corrected chi connectivity index (χ2v) is 1.45. The Labute approximate surface area is 47.2 Å². The highest BCUT2D eigenvalue weighted by molar-refractivity contribution is 8.14. The molecule has 0 saturated heterocycles. The summed E-state index contributed by atoms with van der Waals surface area (Å²) in [6, 6.07) is 0. The number of hydrogen-bond donors (Lipinski definition) is 0. The van der Waals surface area contributed by atoms with Crippen molar-refractivity contribution in [3.63, 3.8) is 0 Å². The lowest BCUT2D eigenvalue weighted by molar-refractivity contribution is 0.181. The first-order valence-electron chi connectivity index (χ1n) is 1.90. The molecule has 1 radical (unpaired) electrons. The molecule has 0 aromatic rings. The van der Waals surface area contributed by atoms with Crippen molar-refractivity contribution < 1.29 is 9.53 Å². The third-order valence-corrected chi connectivity index (χ3v) is 0.734. The molecule has 0 aromatic heterocycles. The Balaban J connectivity index is 3.00. The van der Waals surface area contributed by atoms with Crippen LogP contribution in [0, 0.1) is 6.26 Å². The first kappa shape index (κ1) is 6.82. The van der Waals surface area contributed by atoms with E-state index in [1.165, 1.54) is 0 Å². The lowest BCUT2D eigenvalue weighted by Crippen LogP contribution is -1.92. The summed E-state index contributed by atoms with van der Waals surface area (Å²) in [6.45, 7) is 2.19. The first-order chi connectivity index (χ1) is 3.31. The van der Waals surface area contributed by atoms with Crippen LogP contribution < -0.4 is 0 Å². The normalized spacial score (nSPS) is 8.29. The molecule has 0 saturated carbocycles. The van der Waals surface area contributed by atoms with Crippen molar-refractivity contribution in [2.24, 2.45) is 0 Å². The van der Waals surface area contributed by atoms with Crippen LogP contribution in [0.1, 0.15) is 6.92 Å². The third kappa shape index (κ3) is 3.66. The molecule has 0 aliphatic rings. The zero-order chi connectivity index (χ0) is 5.70. The summed E-state index contributed by atoms with van der Waals surface area (Å²) in [7, 11) is 0. The van der Waals surface area contributed by atoms with Gasteiger partial charge in [-0.2, -0.15) is 0 Å². The fraction of sp³-hybridized carbons (Fsp3) is 0.500. The zero-order valence-electron chi connectivity index (χ0n) is 4.14. The highest BCUT2D eigenvalue weighted by Gasteiger charge is 1.92. The number of hydrogen-bond acceptors (Lipinski definition) is 3. The molecule has 0 amide bonds. The van der Waals surface area contributed by atoms with Crippen LogP contribution in [-0.4, -0.2) is 11.9 Å². The minimum absolute atomic E-state index is 0.317. The highest BCUT2D eigenvalue weighted by atomic mass is 32.2. The SMILES string of the molecule is [CH2]SC(=O)OCC. The fourth-order valence-corrected chi connectivity index (χ4v) is 0.361. The number of thioether (sulfide) groups is 1. The van der Waals surface area contributed by atoms with E-state index in [9.17, 15) is 4.79 Å². The Bertz CT molecular complexity index is 62.7. The van der Waals surface area contributed by atoms with E-state index in [1.807, 2.05) is 0 Å². The molecule has 0 atom stereocenters. The Hall–Kier alpha value is -0.180. The molecule has 0 rings (SSSR count). The lowest BCUT2D eigenvalue weighted by atomic mass is 10.9. The number of carbonyl (C=O) groups excluding carboxylic acids is 1. The van der Waals surface area contributed by atoms with Crippen LogP contribution in [0.15, 0.2) is 0 Å². The summed E-state index contributed by atoms with van der Waals surface area (Å²) in [6.07, 6.45) is 3.25. The van der Waals surface area contributed by atoms with Gasteiger partial charge in [-0.05, 0) is 18.7 Å². The second kappa shape index (κ2) is 3.99. The van der Waals surface area contributed by atoms with Gasteiger partial charge in [-0.3, -0.25) is 0 Å². The maximum atomic E-state index is 10.1. The van der Waals surface area contributed by atoms with Gasteiger partial charge in [0.2, 0.25) is 0 Å². The monoisotopic (exact) mass is 119 g/mol. The Kier molecular flexibility index (Phi) is 3.89. The number of rotatable bonds is 1. The molecule has 0 unspecified atom stereocenters. The van der Waals surface area contributed by atoms with E-state index in [4.69, 9.17) is 0 Å². The second-order valence-electron chi connectivity index (χ2n) is 0.827. The largest absolute Gasteiger partial charge is 0.458 e. The standard InChI is InChI=1S/C4H7O2S/c1-3-6-4(5)7-2/h2-3H2,1H3. The molecule has 0 aromatic carbocycles. The summed E-state index contributed by atoms with van der Waals surface area (Å²) in [5.41, 5.74) is 0. The molecule has 3 heteroatoms. The van der Waals surface area contributed by atoms with Gasteiger partial charge in [-0.15, -0.1) is 0 Å². The van der Waals surface area contributed by atoms with Gasteiger partial charge in [-0.1, -0.05) is 0 Å². The van der Waals surface area contributed by atoms with Gasteiger partial charge in [0, 0.05) is 6.26 Å². The predicted octanol–water partition coefficient (Wildman–Crippen LogP) is 1.67. The molecule has 2 nitrogen and oxygen atoms in total. The Morgan fingerprint density at radius 3 is 2.71 bits per heavy atom. The maximum absolute atomic E-state index is 10.1. The summed E-state index contributed by atoms with van der Waals surface area (Å²) in [5, 5.41) is -0.317. The van der Waals surface area contributed by atoms with Crippen molar-refractivity contribution in [1.29, 1.82) is 0 Å². The molecule has 0 N–H and O–H groups in total. The van der Waals surface area contributed by atoms with E-state index in [0.29, 0.717) is 6.61 Å². The van der Waals surface area contributed by atoms with E-state index in [2.05, 4.69) is 11.0 Å². The molecule has 7 heavy (non-hydrogen) atoms. The smallest absolute Gasteiger partial charge is 0.367 e. The molecule has 0 spiro atoms. The quantitative estimate of drug-likeness (QED) is 0.491. The lowest BCUT2D eigenvalue weighted by Gasteiger charge is -1.92. The third-order valence-electron chi connectivity index (χ3n) is 0.380. The van der Waals surface area contributed by atoms with E-state index < -0.39 is 0 Å². The van der Waals surface area contributed by atoms with Crippen molar-refractivity contribution in [2.75, 3.05) is 6.61 Å². The van der Waals surface area contributed by atoms with Gasteiger partial charge < -0.3 is 4.74 Å². The van der Waals surface area contributed by atoms with Crippen LogP contribution in [0.4, 0.5) is 4.79 Å².